The van der Waals surface area contributed by atoms with Crippen molar-refractivity contribution in [2.75, 3.05) is 152 Å². The maximum absolute atomic E-state index is 11.9. The van der Waals surface area contributed by atoms with Crippen LogP contribution in [0.1, 0.15) is 30.1 Å². The minimum absolute atomic E-state index is 0.00194. The van der Waals surface area contributed by atoms with Crippen molar-refractivity contribution in [2.24, 2.45) is 0 Å². The molecule has 0 aliphatic carbocycles. The number of carbonyl (C=O) groups is 2. The Morgan fingerprint density at radius 1 is 0.396 bits per heavy atom. The van der Waals surface area contributed by atoms with Crippen molar-refractivity contribution in [3.63, 3.8) is 0 Å². The standard InChI is InChI=1S/C34H58O14/c1-2-3-9-37-10-11-38-12-13-39-14-15-40-16-17-41-18-19-42-20-21-43-22-23-44-24-25-45-26-27-46-28-29-47-30-31-48-34(36)33(35)32-7-5-4-6-8-32/h4-8H,2-3,9-31H2,1H3. The van der Waals surface area contributed by atoms with Gasteiger partial charge in [-0.15, -0.1) is 0 Å². The lowest BCUT2D eigenvalue weighted by molar-refractivity contribution is -0.139. The van der Waals surface area contributed by atoms with Crippen molar-refractivity contribution in [3.05, 3.63) is 35.9 Å². The molecule has 0 saturated carbocycles. The van der Waals surface area contributed by atoms with Gasteiger partial charge in [-0.1, -0.05) is 43.7 Å². The molecule has 0 aliphatic heterocycles. The summed E-state index contributed by atoms with van der Waals surface area (Å²) in [6, 6.07) is 8.26. The normalized spacial score (nSPS) is 11.3. The van der Waals surface area contributed by atoms with E-state index >= 15 is 0 Å². The van der Waals surface area contributed by atoms with E-state index in [0.29, 0.717) is 138 Å². The van der Waals surface area contributed by atoms with Gasteiger partial charge in [0.25, 0.3) is 5.78 Å². The molecule has 0 fully saturated rings. The van der Waals surface area contributed by atoms with Crippen molar-refractivity contribution in [1.29, 1.82) is 0 Å². The van der Waals surface area contributed by atoms with E-state index in [1.807, 2.05) is 0 Å². The Labute approximate surface area is 285 Å². The zero-order chi connectivity index (χ0) is 34.4. The molecule has 0 heterocycles. The number of esters is 1. The van der Waals surface area contributed by atoms with Crippen molar-refractivity contribution < 1.29 is 66.4 Å². The Bertz CT molecular complexity index is 829. The molecule has 48 heavy (non-hydrogen) atoms. The van der Waals surface area contributed by atoms with E-state index in [1.54, 1.807) is 30.3 Å². The number of unbranched alkanes of at least 4 members (excludes halogenated alkanes) is 1. The SMILES string of the molecule is CCCCOCCOCCOCCOCCOCCOCCOCCOCCOCCOCCOCCOC(=O)C(=O)c1ccccc1. The first-order chi connectivity index (χ1) is 23.8. The summed E-state index contributed by atoms with van der Waals surface area (Å²) >= 11 is 0. The quantitative estimate of drug-likeness (QED) is 0.0433. The van der Waals surface area contributed by atoms with E-state index in [1.165, 1.54) is 0 Å². The second kappa shape index (κ2) is 36.2. The summed E-state index contributed by atoms with van der Waals surface area (Å²) in [6.45, 7) is 12.9. The number of hydrogen-bond donors (Lipinski definition) is 0. The lowest BCUT2D eigenvalue weighted by Gasteiger charge is -2.09. The topological polar surface area (TPSA) is 145 Å². The monoisotopic (exact) mass is 690 g/mol. The fourth-order valence-corrected chi connectivity index (χ4v) is 3.51. The third kappa shape index (κ3) is 30.0. The van der Waals surface area contributed by atoms with Crippen molar-refractivity contribution in [3.8, 4) is 0 Å². The molecule has 14 heteroatoms. The summed E-state index contributed by atoms with van der Waals surface area (Å²) in [5, 5.41) is 0. The van der Waals surface area contributed by atoms with E-state index in [-0.39, 0.29) is 13.2 Å². The van der Waals surface area contributed by atoms with Gasteiger partial charge in [-0.25, -0.2) is 4.79 Å². The summed E-state index contributed by atoms with van der Waals surface area (Å²) in [5.41, 5.74) is 0.296. The molecular formula is C34H58O14. The number of benzene rings is 1. The van der Waals surface area contributed by atoms with Gasteiger partial charge in [-0.2, -0.15) is 0 Å². The van der Waals surface area contributed by atoms with Crippen LogP contribution in [0.4, 0.5) is 0 Å². The molecule has 0 saturated heterocycles. The van der Waals surface area contributed by atoms with Crippen LogP contribution in [0.2, 0.25) is 0 Å². The Morgan fingerprint density at radius 3 is 0.958 bits per heavy atom. The Kier molecular flexibility index (Phi) is 33.1. The van der Waals surface area contributed by atoms with Crippen LogP contribution >= 0.6 is 0 Å². The van der Waals surface area contributed by atoms with Crippen molar-refractivity contribution in [2.45, 2.75) is 19.8 Å². The zero-order valence-corrected chi connectivity index (χ0v) is 28.8. The average Bonchev–Trinajstić information content (AvgIpc) is 3.11. The van der Waals surface area contributed by atoms with Crippen LogP contribution in [0.5, 0.6) is 0 Å². The minimum atomic E-state index is -0.897. The molecule has 1 aromatic carbocycles. The molecule has 1 aromatic rings. The molecule has 0 amide bonds. The molecule has 0 radical (unpaired) electrons. The van der Waals surface area contributed by atoms with Crippen LogP contribution in [0.15, 0.2) is 30.3 Å². The number of hydrogen-bond acceptors (Lipinski definition) is 14. The molecule has 0 spiro atoms. The second-order valence-corrected chi connectivity index (χ2v) is 9.92. The Morgan fingerprint density at radius 2 is 0.667 bits per heavy atom. The molecule has 0 N–H and O–H groups in total. The summed E-state index contributed by atoms with van der Waals surface area (Å²) in [5.74, 6) is -1.57. The van der Waals surface area contributed by atoms with E-state index in [0.717, 1.165) is 19.4 Å². The summed E-state index contributed by atoms with van der Waals surface area (Å²) < 4.78 is 64.7. The van der Waals surface area contributed by atoms with Crippen LogP contribution in [-0.2, 0) is 61.6 Å². The number of ketones is 1. The van der Waals surface area contributed by atoms with Gasteiger partial charge in [0.05, 0.1) is 139 Å². The lowest BCUT2D eigenvalue weighted by Crippen LogP contribution is -2.20. The van der Waals surface area contributed by atoms with E-state index < -0.39 is 11.8 Å². The first-order valence-corrected chi connectivity index (χ1v) is 16.9. The number of carbonyl (C=O) groups excluding carboxylic acids is 2. The zero-order valence-electron chi connectivity index (χ0n) is 28.8. The van der Waals surface area contributed by atoms with Crippen LogP contribution in [0, 0.1) is 0 Å². The second-order valence-electron chi connectivity index (χ2n) is 9.92. The number of Topliss-reactive ketones (excluding diaryl/α,β-unsaturated/α-hetero) is 1. The van der Waals surface area contributed by atoms with Gasteiger partial charge in [0.2, 0.25) is 0 Å². The highest BCUT2D eigenvalue weighted by molar-refractivity contribution is 6.40. The van der Waals surface area contributed by atoms with Gasteiger partial charge in [0.1, 0.15) is 6.61 Å². The lowest BCUT2D eigenvalue weighted by atomic mass is 10.1. The molecule has 278 valence electrons. The van der Waals surface area contributed by atoms with Crippen LogP contribution < -0.4 is 0 Å². The third-order valence-corrected chi connectivity index (χ3v) is 6.04. The number of ether oxygens (including phenoxy) is 12. The third-order valence-electron chi connectivity index (χ3n) is 6.04. The van der Waals surface area contributed by atoms with Crippen LogP contribution in [0.25, 0.3) is 0 Å². The van der Waals surface area contributed by atoms with Gasteiger partial charge in [-0.05, 0) is 6.42 Å². The van der Waals surface area contributed by atoms with Gasteiger partial charge in [0.15, 0.2) is 0 Å². The first-order valence-electron chi connectivity index (χ1n) is 16.9. The van der Waals surface area contributed by atoms with Gasteiger partial charge in [0, 0.05) is 12.2 Å². The highest BCUT2D eigenvalue weighted by atomic mass is 16.6. The fourth-order valence-electron chi connectivity index (χ4n) is 3.51. The van der Waals surface area contributed by atoms with Crippen LogP contribution in [0.3, 0.4) is 0 Å². The molecule has 0 unspecified atom stereocenters. The van der Waals surface area contributed by atoms with Crippen molar-refractivity contribution in [1.82, 2.24) is 0 Å². The number of rotatable bonds is 38. The molecule has 0 aliphatic rings. The highest BCUT2D eigenvalue weighted by Gasteiger charge is 2.17. The molecule has 0 aromatic heterocycles. The minimum Gasteiger partial charge on any atom is -0.457 e. The molecule has 0 bridgehead atoms. The highest BCUT2D eigenvalue weighted by Crippen LogP contribution is 2.01. The van der Waals surface area contributed by atoms with Gasteiger partial charge >= 0.3 is 5.97 Å². The predicted molar refractivity (Wildman–Crippen MR) is 176 cm³/mol. The predicted octanol–water partition coefficient (Wildman–Crippen LogP) is 2.40. The first kappa shape index (κ1) is 43.9. The molecule has 14 nitrogen and oxygen atoms in total. The van der Waals surface area contributed by atoms with E-state index in [9.17, 15) is 9.59 Å². The van der Waals surface area contributed by atoms with E-state index in [2.05, 4.69) is 6.92 Å². The summed E-state index contributed by atoms with van der Waals surface area (Å²) in [7, 11) is 0. The Hall–Kier alpha value is -2.08. The smallest absolute Gasteiger partial charge is 0.379 e. The molecule has 1 rings (SSSR count). The maximum Gasteiger partial charge on any atom is 0.379 e. The van der Waals surface area contributed by atoms with Gasteiger partial charge in [-0.3, -0.25) is 4.79 Å². The van der Waals surface area contributed by atoms with Crippen molar-refractivity contribution >= 4 is 11.8 Å². The van der Waals surface area contributed by atoms with E-state index in [4.69, 9.17) is 56.8 Å². The fraction of sp³-hybridized carbons (Fsp3) is 0.765. The van der Waals surface area contributed by atoms with Crippen LogP contribution in [-0.4, -0.2) is 164 Å². The van der Waals surface area contributed by atoms with Gasteiger partial charge < -0.3 is 56.8 Å². The molecular weight excluding hydrogens is 632 g/mol. The summed E-state index contributed by atoms with van der Waals surface area (Å²) in [4.78, 5) is 23.6. The summed E-state index contributed by atoms with van der Waals surface area (Å²) in [6.07, 6.45) is 2.23. The molecule has 0 atom stereocenters. The maximum atomic E-state index is 11.9. The average molecular weight is 691 g/mol. The Balaban J connectivity index is 1.65. The largest absolute Gasteiger partial charge is 0.457 e.